The largest absolute Gasteiger partial charge is 0.443 e. The Kier molecular flexibility index (Phi) is 18.7. The van der Waals surface area contributed by atoms with Crippen LogP contribution in [0.1, 0.15) is 14.4 Å². The van der Waals surface area contributed by atoms with Crippen LogP contribution in [0, 0.1) is 18.2 Å². The molecule has 3 rings (SSSR count). The highest BCUT2D eigenvalue weighted by atomic mass is 32.2. The topological polar surface area (TPSA) is 204 Å². The Balaban J connectivity index is -0.000000673. The van der Waals surface area contributed by atoms with E-state index in [0.29, 0.717) is 16.8 Å². The Bertz CT molecular complexity index is 1190. The van der Waals surface area contributed by atoms with Gasteiger partial charge in [-0.15, -0.1) is 12.3 Å². The van der Waals surface area contributed by atoms with E-state index in [1.165, 1.54) is 36.7 Å². The summed E-state index contributed by atoms with van der Waals surface area (Å²) in [5.41, 5.74) is 10.00. The number of hydrogen-bond acceptors (Lipinski definition) is 6. The Morgan fingerprint density at radius 2 is 1.49 bits per heavy atom. The van der Waals surface area contributed by atoms with Crippen LogP contribution in [0.3, 0.4) is 0 Å². The Morgan fingerprint density at radius 1 is 1.06 bits per heavy atom. The summed E-state index contributed by atoms with van der Waals surface area (Å²) < 4.78 is 41.8. The average Bonchev–Trinajstić information content (AvgIpc) is 3.17. The van der Waals surface area contributed by atoms with Gasteiger partial charge in [0.2, 0.25) is 10.0 Å². The van der Waals surface area contributed by atoms with Gasteiger partial charge in [0, 0.05) is 11.1 Å². The SMILES string of the molecule is C.C#CC.NC(=O)S.NC(=O)S.NS(=O)(=O)c1ccccc1-c1ocnc1-c1ccc(F)cc1.O. The highest BCUT2D eigenvalue weighted by molar-refractivity contribution is 7.96. The fraction of sp³-hybridized carbons (Fsp3) is 0.0952. The quantitative estimate of drug-likeness (QED) is 0.246. The lowest BCUT2D eigenvalue weighted by atomic mass is 10.1. The van der Waals surface area contributed by atoms with Gasteiger partial charge in [-0.1, -0.05) is 44.8 Å². The normalized spacial score (nSPS) is 8.91. The molecule has 0 aliphatic rings. The van der Waals surface area contributed by atoms with Crippen molar-refractivity contribution in [2.75, 3.05) is 0 Å². The Labute approximate surface area is 214 Å². The molecule has 35 heavy (non-hydrogen) atoms. The molecule has 192 valence electrons. The Morgan fingerprint density at radius 3 is 1.91 bits per heavy atom. The number of oxazole rings is 1. The molecule has 0 bridgehead atoms. The minimum absolute atomic E-state index is 0. The summed E-state index contributed by atoms with van der Waals surface area (Å²) >= 11 is 6.21. The second-order valence-corrected chi connectivity index (χ2v) is 7.95. The molecule has 0 spiro atoms. The summed E-state index contributed by atoms with van der Waals surface area (Å²) in [4.78, 5) is 22.2. The van der Waals surface area contributed by atoms with Crippen molar-refractivity contribution < 1.29 is 32.3 Å². The van der Waals surface area contributed by atoms with Gasteiger partial charge >= 0.3 is 0 Å². The van der Waals surface area contributed by atoms with E-state index in [1.54, 1.807) is 25.1 Å². The maximum absolute atomic E-state index is 13.0. The van der Waals surface area contributed by atoms with Crippen LogP contribution >= 0.6 is 25.3 Å². The first-order valence-corrected chi connectivity index (χ1v) is 10.9. The summed E-state index contributed by atoms with van der Waals surface area (Å²) in [7, 11) is -3.91. The number of nitrogens with two attached hydrogens (primary N) is 3. The number of amides is 2. The van der Waals surface area contributed by atoms with Crippen LogP contribution in [0.5, 0.6) is 0 Å². The van der Waals surface area contributed by atoms with Gasteiger partial charge in [-0.3, -0.25) is 9.59 Å². The molecule has 0 saturated carbocycles. The van der Waals surface area contributed by atoms with Crippen LogP contribution in [0.15, 0.2) is 64.2 Å². The number of carbonyl (C=O) groups is 2. The molecular formula is C21H27FN4O6S3. The number of halogens is 1. The monoisotopic (exact) mass is 546 g/mol. The molecule has 3 aromatic rings. The zero-order chi connectivity index (χ0) is 25.6. The predicted molar refractivity (Wildman–Crippen MR) is 141 cm³/mol. The Hall–Kier alpha value is -3.35. The van der Waals surface area contributed by atoms with Crippen LogP contribution in [-0.2, 0) is 10.0 Å². The van der Waals surface area contributed by atoms with E-state index in [0.717, 1.165) is 0 Å². The molecule has 10 nitrogen and oxygen atoms in total. The van der Waals surface area contributed by atoms with Gasteiger partial charge < -0.3 is 21.4 Å². The standard InChI is InChI=1S/C15H11FN2O3S.C3H4.2CH3NOS.CH4.H2O/c16-11-7-5-10(6-8-11)14-15(21-9-18-14)12-3-1-2-4-13(12)22(17,19)20;1-3-2;2*2-1(3)4;;/h1-9H,(H2,17,19,20);1H,2H3;2*(H3,2,3,4);1H4;1H2. The van der Waals surface area contributed by atoms with E-state index in [4.69, 9.17) is 19.1 Å². The predicted octanol–water partition coefficient (Wildman–Crippen LogP) is 3.24. The molecule has 2 aromatic carbocycles. The number of hydrogen-bond donors (Lipinski definition) is 5. The van der Waals surface area contributed by atoms with Crippen molar-refractivity contribution in [1.29, 1.82) is 0 Å². The van der Waals surface area contributed by atoms with Crippen LogP contribution in [0.4, 0.5) is 14.0 Å². The van der Waals surface area contributed by atoms with Crippen molar-refractivity contribution in [1.82, 2.24) is 4.98 Å². The van der Waals surface area contributed by atoms with E-state index in [-0.39, 0.29) is 29.4 Å². The lowest BCUT2D eigenvalue weighted by Crippen LogP contribution is -2.13. The molecule has 0 aliphatic heterocycles. The smallest absolute Gasteiger partial charge is 0.273 e. The van der Waals surface area contributed by atoms with Crippen LogP contribution in [0.2, 0.25) is 0 Å². The molecule has 0 saturated heterocycles. The van der Waals surface area contributed by atoms with E-state index < -0.39 is 20.5 Å². The lowest BCUT2D eigenvalue weighted by Gasteiger charge is -2.06. The van der Waals surface area contributed by atoms with Crippen molar-refractivity contribution in [2.45, 2.75) is 19.2 Å². The second-order valence-electron chi connectivity index (χ2n) is 5.54. The van der Waals surface area contributed by atoms with Crippen molar-refractivity contribution in [2.24, 2.45) is 16.6 Å². The highest BCUT2D eigenvalue weighted by Crippen LogP contribution is 2.34. The van der Waals surface area contributed by atoms with Crippen molar-refractivity contribution in [3.8, 4) is 34.9 Å². The third kappa shape index (κ3) is 14.5. The third-order valence-corrected chi connectivity index (χ3v) is 4.09. The zero-order valence-corrected chi connectivity index (χ0v) is 20.3. The molecule has 0 fully saturated rings. The maximum Gasteiger partial charge on any atom is 0.273 e. The lowest BCUT2D eigenvalue weighted by molar-refractivity contribution is 0.266. The first-order chi connectivity index (χ1) is 15.3. The third-order valence-electron chi connectivity index (χ3n) is 3.12. The number of primary amides is 2. The molecule has 1 aromatic heterocycles. The zero-order valence-electron chi connectivity index (χ0n) is 17.7. The van der Waals surface area contributed by atoms with E-state index >= 15 is 0 Å². The maximum atomic E-state index is 13.0. The van der Waals surface area contributed by atoms with Crippen molar-refractivity contribution in [3.05, 3.63) is 60.7 Å². The van der Waals surface area contributed by atoms with Crippen LogP contribution in [0.25, 0.3) is 22.6 Å². The number of benzene rings is 2. The molecule has 8 N–H and O–H groups in total. The van der Waals surface area contributed by atoms with Crippen LogP contribution in [-0.4, -0.2) is 29.4 Å². The van der Waals surface area contributed by atoms with Gasteiger partial charge in [0.25, 0.3) is 10.5 Å². The first kappa shape index (κ1) is 36.2. The van der Waals surface area contributed by atoms with Gasteiger partial charge in [0.05, 0.1) is 4.90 Å². The highest BCUT2D eigenvalue weighted by Gasteiger charge is 2.20. The van der Waals surface area contributed by atoms with E-state index in [2.05, 4.69) is 54.1 Å². The molecule has 2 amide bonds. The molecule has 14 heteroatoms. The van der Waals surface area contributed by atoms with Gasteiger partial charge in [-0.05, 0) is 43.3 Å². The first-order valence-electron chi connectivity index (χ1n) is 8.50. The van der Waals surface area contributed by atoms with Gasteiger partial charge in [-0.2, -0.15) is 0 Å². The fourth-order valence-electron chi connectivity index (χ4n) is 2.15. The summed E-state index contributed by atoms with van der Waals surface area (Å²) in [6.07, 6.45) is 5.80. The van der Waals surface area contributed by atoms with Crippen molar-refractivity contribution >= 4 is 45.8 Å². The number of primary sulfonamides is 1. The molecule has 0 radical (unpaired) electrons. The molecule has 1 heterocycles. The van der Waals surface area contributed by atoms with Crippen molar-refractivity contribution in [3.63, 3.8) is 0 Å². The molecule has 0 atom stereocenters. The number of terminal acetylenes is 1. The fourth-order valence-corrected chi connectivity index (χ4v) is 2.89. The van der Waals surface area contributed by atoms with Gasteiger partial charge in [0.1, 0.15) is 11.5 Å². The number of aromatic nitrogens is 1. The number of nitrogens with zero attached hydrogens (tertiary/aromatic N) is 1. The van der Waals surface area contributed by atoms with Crippen LogP contribution < -0.4 is 16.6 Å². The summed E-state index contributed by atoms with van der Waals surface area (Å²) in [6, 6.07) is 11.9. The summed E-state index contributed by atoms with van der Waals surface area (Å²) in [6.45, 7) is 1.65. The number of thiol groups is 2. The minimum atomic E-state index is -3.91. The molecular weight excluding hydrogens is 519 g/mol. The summed E-state index contributed by atoms with van der Waals surface area (Å²) in [5.74, 6) is 2.13. The van der Waals surface area contributed by atoms with Gasteiger partial charge in [-0.25, -0.2) is 22.9 Å². The van der Waals surface area contributed by atoms with Gasteiger partial charge in [0.15, 0.2) is 12.2 Å². The molecule has 0 aliphatic carbocycles. The number of carbonyl (C=O) groups excluding carboxylic acids is 2. The van der Waals surface area contributed by atoms with E-state index in [9.17, 15) is 12.8 Å². The number of rotatable bonds is 3. The second kappa shape index (κ2) is 18.0. The minimum Gasteiger partial charge on any atom is -0.443 e. The van der Waals surface area contributed by atoms with E-state index in [1.807, 2.05) is 0 Å². The molecule has 0 unspecified atom stereocenters. The average molecular weight is 547 g/mol. The summed E-state index contributed by atoms with van der Waals surface area (Å²) in [5, 5.41) is 3.96. The number of sulfonamides is 1.